The van der Waals surface area contributed by atoms with Crippen LogP contribution in [0.3, 0.4) is 0 Å². The number of benzene rings is 1. The number of aryl methyl sites for hydroxylation is 3. The summed E-state index contributed by atoms with van der Waals surface area (Å²) in [6.07, 6.45) is 0. The number of furan rings is 1. The van der Waals surface area contributed by atoms with Crippen LogP contribution in [0, 0.1) is 20.8 Å². The summed E-state index contributed by atoms with van der Waals surface area (Å²) in [7, 11) is 0. The maximum absolute atomic E-state index is 5.88. The van der Waals surface area contributed by atoms with Crippen LogP contribution in [-0.4, -0.2) is 6.54 Å². The first-order valence-corrected chi connectivity index (χ1v) is 6.49. The van der Waals surface area contributed by atoms with Gasteiger partial charge >= 0.3 is 0 Å². The SMILES string of the molecule is CCNCc1ccc(-c2cc(C)c(C)cc2C)o1. The van der Waals surface area contributed by atoms with Crippen LogP contribution >= 0.6 is 0 Å². The van der Waals surface area contributed by atoms with Crippen LogP contribution in [-0.2, 0) is 6.54 Å². The minimum atomic E-state index is 0.792. The molecule has 0 aliphatic carbocycles. The van der Waals surface area contributed by atoms with Gasteiger partial charge in [-0.05, 0) is 62.2 Å². The van der Waals surface area contributed by atoms with Gasteiger partial charge in [0.25, 0.3) is 0 Å². The fourth-order valence-electron chi connectivity index (χ4n) is 2.09. The topological polar surface area (TPSA) is 25.2 Å². The fourth-order valence-corrected chi connectivity index (χ4v) is 2.09. The Labute approximate surface area is 109 Å². The summed E-state index contributed by atoms with van der Waals surface area (Å²) in [6.45, 7) is 10.3. The van der Waals surface area contributed by atoms with E-state index in [4.69, 9.17) is 4.42 Å². The summed E-state index contributed by atoms with van der Waals surface area (Å²) < 4.78 is 5.88. The summed E-state index contributed by atoms with van der Waals surface area (Å²) in [5, 5.41) is 3.27. The minimum absolute atomic E-state index is 0.792. The monoisotopic (exact) mass is 243 g/mol. The molecule has 2 heteroatoms. The number of nitrogens with one attached hydrogen (secondary N) is 1. The lowest BCUT2D eigenvalue weighted by atomic mass is 9.99. The Morgan fingerprint density at radius 1 is 1.00 bits per heavy atom. The highest BCUT2D eigenvalue weighted by Gasteiger charge is 2.08. The van der Waals surface area contributed by atoms with Gasteiger partial charge in [-0.25, -0.2) is 0 Å². The molecule has 0 atom stereocenters. The summed E-state index contributed by atoms with van der Waals surface area (Å²) in [6, 6.07) is 8.54. The molecule has 0 radical (unpaired) electrons. The van der Waals surface area contributed by atoms with E-state index in [9.17, 15) is 0 Å². The van der Waals surface area contributed by atoms with E-state index in [-0.39, 0.29) is 0 Å². The molecule has 1 heterocycles. The van der Waals surface area contributed by atoms with E-state index >= 15 is 0 Å². The zero-order valence-electron chi connectivity index (χ0n) is 11.6. The second kappa shape index (κ2) is 5.40. The zero-order valence-corrected chi connectivity index (χ0v) is 11.6. The third-order valence-corrected chi connectivity index (χ3v) is 3.32. The van der Waals surface area contributed by atoms with Gasteiger partial charge < -0.3 is 9.73 Å². The van der Waals surface area contributed by atoms with Crippen molar-refractivity contribution < 1.29 is 4.42 Å². The van der Waals surface area contributed by atoms with E-state index in [1.807, 2.05) is 6.07 Å². The molecule has 96 valence electrons. The molecular formula is C16H21NO. The zero-order chi connectivity index (χ0) is 13.1. The van der Waals surface area contributed by atoms with Crippen LogP contribution in [0.4, 0.5) is 0 Å². The number of rotatable bonds is 4. The van der Waals surface area contributed by atoms with Crippen molar-refractivity contribution in [1.29, 1.82) is 0 Å². The van der Waals surface area contributed by atoms with Crippen molar-refractivity contribution in [1.82, 2.24) is 5.32 Å². The van der Waals surface area contributed by atoms with Crippen molar-refractivity contribution in [2.75, 3.05) is 6.54 Å². The fraction of sp³-hybridized carbons (Fsp3) is 0.375. The molecule has 0 unspecified atom stereocenters. The summed E-state index contributed by atoms with van der Waals surface area (Å²) in [5.74, 6) is 1.95. The van der Waals surface area contributed by atoms with Gasteiger partial charge in [0, 0.05) is 5.56 Å². The Kier molecular flexibility index (Phi) is 3.87. The Bertz CT molecular complexity index is 540. The smallest absolute Gasteiger partial charge is 0.134 e. The van der Waals surface area contributed by atoms with Crippen LogP contribution in [0.15, 0.2) is 28.7 Å². The van der Waals surface area contributed by atoms with Crippen LogP contribution in [0.25, 0.3) is 11.3 Å². The predicted octanol–water partition coefficient (Wildman–Crippen LogP) is 3.98. The molecule has 0 saturated heterocycles. The van der Waals surface area contributed by atoms with Crippen LogP contribution < -0.4 is 5.32 Å². The average Bonchev–Trinajstić information content (AvgIpc) is 2.79. The molecule has 2 aromatic rings. The van der Waals surface area contributed by atoms with E-state index in [0.717, 1.165) is 24.6 Å². The maximum Gasteiger partial charge on any atom is 0.134 e. The molecule has 2 rings (SSSR count). The molecule has 1 aromatic carbocycles. The van der Waals surface area contributed by atoms with Crippen LogP contribution in [0.1, 0.15) is 29.4 Å². The Morgan fingerprint density at radius 2 is 1.72 bits per heavy atom. The molecule has 0 aliphatic rings. The number of hydrogen-bond acceptors (Lipinski definition) is 2. The van der Waals surface area contributed by atoms with E-state index in [1.165, 1.54) is 22.3 Å². The molecule has 0 spiro atoms. The van der Waals surface area contributed by atoms with Gasteiger partial charge in [0.05, 0.1) is 6.54 Å². The van der Waals surface area contributed by atoms with Crippen molar-refractivity contribution in [3.63, 3.8) is 0 Å². The van der Waals surface area contributed by atoms with E-state index in [0.29, 0.717) is 0 Å². The highest BCUT2D eigenvalue weighted by Crippen LogP contribution is 2.28. The Hall–Kier alpha value is -1.54. The van der Waals surface area contributed by atoms with Gasteiger partial charge in [0.15, 0.2) is 0 Å². The summed E-state index contributed by atoms with van der Waals surface area (Å²) >= 11 is 0. The van der Waals surface area contributed by atoms with Crippen molar-refractivity contribution in [2.45, 2.75) is 34.2 Å². The largest absolute Gasteiger partial charge is 0.460 e. The van der Waals surface area contributed by atoms with E-state index in [2.05, 4.69) is 51.2 Å². The molecule has 0 saturated carbocycles. The van der Waals surface area contributed by atoms with Gasteiger partial charge in [-0.1, -0.05) is 13.0 Å². The van der Waals surface area contributed by atoms with Gasteiger partial charge in [0.1, 0.15) is 11.5 Å². The standard InChI is InChI=1S/C16H21NO/c1-5-17-10-14-6-7-16(18-14)15-9-12(3)11(2)8-13(15)4/h6-9,17H,5,10H2,1-4H3. The molecule has 0 amide bonds. The lowest BCUT2D eigenvalue weighted by Gasteiger charge is -2.07. The van der Waals surface area contributed by atoms with Crippen molar-refractivity contribution in [3.8, 4) is 11.3 Å². The second-order valence-electron chi connectivity index (χ2n) is 4.80. The second-order valence-corrected chi connectivity index (χ2v) is 4.80. The van der Waals surface area contributed by atoms with Gasteiger partial charge in [0.2, 0.25) is 0 Å². The van der Waals surface area contributed by atoms with Crippen molar-refractivity contribution in [3.05, 3.63) is 46.7 Å². The first-order chi connectivity index (χ1) is 8.61. The average molecular weight is 243 g/mol. The molecule has 2 nitrogen and oxygen atoms in total. The van der Waals surface area contributed by atoms with E-state index in [1.54, 1.807) is 0 Å². The first kappa shape index (κ1) is 12.9. The quantitative estimate of drug-likeness (QED) is 0.878. The highest BCUT2D eigenvalue weighted by molar-refractivity contribution is 5.64. The molecule has 1 aromatic heterocycles. The van der Waals surface area contributed by atoms with Gasteiger partial charge in [-0.2, -0.15) is 0 Å². The van der Waals surface area contributed by atoms with E-state index < -0.39 is 0 Å². The molecule has 0 fully saturated rings. The maximum atomic E-state index is 5.88. The molecule has 1 N–H and O–H groups in total. The summed E-state index contributed by atoms with van der Waals surface area (Å²) in [5.41, 5.74) is 5.10. The van der Waals surface area contributed by atoms with Gasteiger partial charge in [-0.15, -0.1) is 0 Å². The molecule has 0 bridgehead atoms. The third-order valence-electron chi connectivity index (χ3n) is 3.32. The Balaban J connectivity index is 2.31. The molecule has 0 aliphatic heterocycles. The van der Waals surface area contributed by atoms with Crippen molar-refractivity contribution >= 4 is 0 Å². The normalized spacial score (nSPS) is 10.9. The summed E-state index contributed by atoms with van der Waals surface area (Å²) in [4.78, 5) is 0. The predicted molar refractivity (Wildman–Crippen MR) is 75.7 cm³/mol. The Morgan fingerprint density at radius 3 is 2.44 bits per heavy atom. The number of hydrogen-bond donors (Lipinski definition) is 1. The van der Waals surface area contributed by atoms with Crippen LogP contribution in [0.2, 0.25) is 0 Å². The van der Waals surface area contributed by atoms with Crippen molar-refractivity contribution in [2.24, 2.45) is 0 Å². The first-order valence-electron chi connectivity index (χ1n) is 6.49. The minimum Gasteiger partial charge on any atom is -0.460 e. The molecular weight excluding hydrogens is 222 g/mol. The van der Waals surface area contributed by atoms with Crippen LogP contribution in [0.5, 0.6) is 0 Å². The highest BCUT2D eigenvalue weighted by atomic mass is 16.3. The lowest BCUT2D eigenvalue weighted by molar-refractivity contribution is 0.498. The lowest BCUT2D eigenvalue weighted by Crippen LogP contribution is -2.10. The molecule has 18 heavy (non-hydrogen) atoms. The third kappa shape index (κ3) is 2.65. The van der Waals surface area contributed by atoms with Gasteiger partial charge in [-0.3, -0.25) is 0 Å².